The Morgan fingerprint density at radius 1 is 1.24 bits per heavy atom. The van der Waals surface area contributed by atoms with Crippen molar-refractivity contribution in [3.8, 4) is 0 Å². The van der Waals surface area contributed by atoms with Crippen molar-refractivity contribution in [3.63, 3.8) is 0 Å². The summed E-state index contributed by atoms with van der Waals surface area (Å²) in [5.74, 6) is -1.49. The van der Waals surface area contributed by atoms with Gasteiger partial charge in [-0.1, -0.05) is 30.3 Å². The molecular formula is C18H19N3O4. The maximum Gasteiger partial charge on any atom is 0.331 e. The van der Waals surface area contributed by atoms with Gasteiger partial charge in [0.15, 0.2) is 0 Å². The van der Waals surface area contributed by atoms with Crippen LogP contribution in [0.15, 0.2) is 48.2 Å². The number of nitrogen functional groups attached to an aromatic ring is 1. The fourth-order valence-corrected chi connectivity index (χ4v) is 2.22. The van der Waals surface area contributed by atoms with Crippen molar-refractivity contribution >= 4 is 23.8 Å². The molecule has 7 heteroatoms. The molecule has 25 heavy (non-hydrogen) atoms. The van der Waals surface area contributed by atoms with E-state index in [1.807, 2.05) is 30.3 Å². The number of hydrogen-bond donors (Lipinski definition) is 4. The molecule has 0 atom stereocenters. The summed E-state index contributed by atoms with van der Waals surface area (Å²) in [7, 11) is 0. The number of carboxylic acids is 1. The lowest BCUT2D eigenvalue weighted by Crippen LogP contribution is -2.27. The molecule has 130 valence electrons. The van der Waals surface area contributed by atoms with Crippen LogP contribution in [0.3, 0.4) is 0 Å². The van der Waals surface area contributed by atoms with Gasteiger partial charge in [0, 0.05) is 24.7 Å². The van der Waals surface area contributed by atoms with Gasteiger partial charge in [0.1, 0.15) is 5.82 Å². The molecule has 0 aliphatic heterocycles. The largest absolute Gasteiger partial charge is 0.478 e. The molecule has 2 rings (SSSR count). The third-order valence-electron chi connectivity index (χ3n) is 3.43. The lowest BCUT2D eigenvalue weighted by atomic mass is 10.0. The molecule has 0 spiro atoms. The molecule has 2 aromatic rings. The molecule has 0 aliphatic carbocycles. The van der Waals surface area contributed by atoms with Crippen molar-refractivity contribution in [1.82, 2.24) is 10.3 Å². The van der Waals surface area contributed by atoms with E-state index in [2.05, 4.69) is 10.3 Å². The van der Waals surface area contributed by atoms with Crippen molar-refractivity contribution in [2.45, 2.75) is 6.42 Å². The summed E-state index contributed by atoms with van der Waals surface area (Å²) < 4.78 is 0. The first-order valence-corrected chi connectivity index (χ1v) is 7.63. The van der Waals surface area contributed by atoms with Crippen molar-refractivity contribution in [2.75, 3.05) is 18.9 Å². The van der Waals surface area contributed by atoms with Crippen molar-refractivity contribution in [3.05, 3.63) is 64.9 Å². The van der Waals surface area contributed by atoms with Gasteiger partial charge in [0.2, 0.25) is 0 Å². The van der Waals surface area contributed by atoms with E-state index < -0.39 is 11.9 Å². The Hall–Kier alpha value is -3.19. The second-order valence-corrected chi connectivity index (χ2v) is 5.32. The fourth-order valence-electron chi connectivity index (χ4n) is 2.22. The van der Waals surface area contributed by atoms with Crippen molar-refractivity contribution in [2.24, 2.45) is 0 Å². The first-order chi connectivity index (χ1) is 12.0. The lowest BCUT2D eigenvalue weighted by molar-refractivity contribution is -0.132. The standard InChI is InChI=1S/C18H19N3O4/c19-16-15(17(23)20-6-7-22)10-13(11-21-16)9-14(18(24)25)8-12-4-2-1-3-5-12/h1-5,9-11,22H,6-8H2,(H2,19,21)(H,20,23)(H,24,25)/b14-9+. The smallest absolute Gasteiger partial charge is 0.331 e. The zero-order valence-electron chi connectivity index (χ0n) is 13.5. The first-order valence-electron chi connectivity index (χ1n) is 7.63. The molecule has 1 heterocycles. The zero-order chi connectivity index (χ0) is 18.2. The monoisotopic (exact) mass is 341 g/mol. The molecule has 0 radical (unpaired) electrons. The topological polar surface area (TPSA) is 126 Å². The van der Waals surface area contributed by atoms with Gasteiger partial charge in [-0.15, -0.1) is 0 Å². The van der Waals surface area contributed by atoms with Crippen LogP contribution in [0.2, 0.25) is 0 Å². The summed E-state index contributed by atoms with van der Waals surface area (Å²) in [4.78, 5) is 27.5. The zero-order valence-corrected chi connectivity index (χ0v) is 13.5. The van der Waals surface area contributed by atoms with Gasteiger partial charge in [-0.2, -0.15) is 0 Å². The molecule has 5 N–H and O–H groups in total. The van der Waals surface area contributed by atoms with Gasteiger partial charge in [0.25, 0.3) is 5.91 Å². The third-order valence-corrected chi connectivity index (χ3v) is 3.43. The van der Waals surface area contributed by atoms with Crippen LogP contribution in [0.25, 0.3) is 6.08 Å². The predicted octanol–water partition coefficient (Wildman–Crippen LogP) is 1.10. The number of benzene rings is 1. The fraction of sp³-hybridized carbons (Fsp3) is 0.167. The number of carbonyl (C=O) groups excluding carboxylic acids is 1. The Morgan fingerprint density at radius 2 is 1.96 bits per heavy atom. The highest BCUT2D eigenvalue weighted by atomic mass is 16.4. The van der Waals surface area contributed by atoms with Crippen LogP contribution in [0, 0.1) is 0 Å². The number of amides is 1. The third kappa shape index (κ3) is 5.15. The molecular weight excluding hydrogens is 322 g/mol. The van der Waals surface area contributed by atoms with E-state index in [1.165, 1.54) is 18.3 Å². The first kappa shape index (κ1) is 18.2. The Balaban J connectivity index is 2.30. The van der Waals surface area contributed by atoms with Crippen LogP contribution in [-0.4, -0.2) is 40.2 Å². The summed E-state index contributed by atoms with van der Waals surface area (Å²) in [6, 6.07) is 10.7. The minimum Gasteiger partial charge on any atom is -0.478 e. The van der Waals surface area contributed by atoms with Crippen molar-refractivity contribution < 1.29 is 19.8 Å². The number of nitrogens with one attached hydrogen (secondary N) is 1. The van der Waals surface area contributed by atoms with Crippen molar-refractivity contribution in [1.29, 1.82) is 0 Å². The number of carbonyl (C=O) groups is 2. The van der Waals surface area contributed by atoms with Gasteiger partial charge >= 0.3 is 5.97 Å². The summed E-state index contributed by atoms with van der Waals surface area (Å²) in [6.07, 6.45) is 3.11. The molecule has 1 aromatic carbocycles. The Kier molecular flexibility index (Phi) is 6.25. The average molecular weight is 341 g/mol. The molecule has 0 bridgehead atoms. The summed E-state index contributed by atoms with van der Waals surface area (Å²) in [5.41, 5.74) is 7.32. The highest BCUT2D eigenvalue weighted by Gasteiger charge is 2.13. The van der Waals surface area contributed by atoms with E-state index in [0.29, 0.717) is 5.56 Å². The summed E-state index contributed by atoms with van der Waals surface area (Å²) in [5, 5.41) is 20.7. The highest BCUT2D eigenvalue weighted by molar-refractivity contribution is 5.99. The van der Waals surface area contributed by atoms with Gasteiger partial charge in [-0.05, 0) is 23.3 Å². The molecule has 0 fully saturated rings. The van der Waals surface area contributed by atoms with E-state index in [0.717, 1.165) is 5.56 Å². The maximum absolute atomic E-state index is 12.0. The minimum atomic E-state index is -1.05. The van der Waals surface area contributed by atoms with Gasteiger partial charge < -0.3 is 21.3 Å². The predicted molar refractivity (Wildman–Crippen MR) is 93.8 cm³/mol. The van der Waals surface area contributed by atoms with E-state index in [4.69, 9.17) is 10.8 Å². The molecule has 7 nitrogen and oxygen atoms in total. The molecule has 0 unspecified atom stereocenters. The maximum atomic E-state index is 12.0. The second-order valence-electron chi connectivity index (χ2n) is 5.32. The number of carboxylic acid groups (broad SMARTS) is 1. The number of hydrogen-bond acceptors (Lipinski definition) is 5. The normalized spacial score (nSPS) is 11.2. The number of aromatic nitrogens is 1. The van der Waals surface area contributed by atoms with Crippen LogP contribution < -0.4 is 11.1 Å². The van der Waals surface area contributed by atoms with Gasteiger partial charge in [-0.3, -0.25) is 4.79 Å². The number of rotatable bonds is 7. The highest BCUT2D eigenvalue weighted by Crippen LogP contribution is 2.16. The van der Waals surface area contributed by atoms with E-state index in [1.54, 1.807) is 0 Å². The molecule has 0 aliphatic rings. The molecule has 0 saturated carbocycles. The van der Waals surface area contributed by atoms with Crippen LogP contribution in [0.1, 0.15) is 21.5 Å². The Labute approximate surface area is 144 Å². The Morgan fingerprint density at radius 3 is 2.60 bits per heavy atom. The molecule has 0 saturated heterocycles. The van der Waals surface area contributed by atoms with Crippen LogP contribution in [-0.2, 0) is 11.2 Å². The SMILES string of the molecule is Nc1ncc(/C=C(\Cc2ccccc2)C(=O)O)cc1C(=O)NCCO. The lowest BCUT2D eigenvalue weighted by Gasteiger charge is -2.08. The number of pyridine rings is 1. The molecule has 1 aromatic heterocycles. The Bertz CT molecular complexity index is 788. The van der Waals surface area contributed by atoms with Crippen LogP contribution in [0.5, 0.6) is 0 Å². The number of aliphatic hydroxyl groups is 1. The number of aliphatic carboxylic acids is 1. The number of anilines is 1. The quantitative estimate of drug-likeness (QED) is 0.559. The minimum absolute atomic E-state index is 0.0347. The van der Waals surface area contributed by atoms with E-state index >= 15 is 0 Å². The number of nitrogens with two attached hydrogens (primary N) is 1. The summed E-state index contributed by atoms with van der Waals surface area (Å²) >= 11 is 0. The second kappa shape index (κ2) is 8.60. The van der Waals surface area contributed by atoms with E-state index in [9.17, 15) is 14.7 Å². The molecule has 1 amide bonds. The van der Waals surface area contributed by atoms with Gasteiger partial charge in [0.05, 0.1) is 12.2 Å². The van der Waals surface area contributed by atoms with Crippen LogP contribution in [0.4, 0.5) is 5.82 Å². The average Bonchev–Trinajstić information content (AvgIpc) is 2.61. The van der Waals surface area contributed by atoms with Crippen LogP contribution >= 0.6 is 0 Å². The van der Waals surface area contributed by atoms with E-state index in [-0.39, 0.29) is 36.5 Å². The number of aliphatic hydroxyl groups excluding tert-OH is 1. The summed E-state index contributed by atoms with van der Waals surface area (Å²) in [6.45, 7) is -0.106. The number of nitrogens with zero attached hydrogens (tertiary/aromatic N) is 1. The van der Waals surface area contributed by atoms with Gasteiger partial charge in [-0.25, -0.2) is 9.78 Å².